The first kappa shape index (κ1) is 101. The number of rotatable bonds is 78. The van der Waals surface area contributed by atoms with Gasteiger partial charge in [-0.15, -0.1) is 0 Å². The lowest BCUT2D eigenvalue weighted by molar-refractivity contribution is -0.161. The summed E-state index contributed by atoms with van der Waals surface area (Å²) < 4.78 is 68.6. The Kier molecular flexibility index (Phi) is 75.2. The number of carbonyl (C=O) groups excluding carboxylic acids is 4. The van der Waals surface area contributed by atoms with Crippen molar-refractivity contribution in [2.24, 2.45) is 0 Å². The topological polar surface area (TPSA) is 237 Å². The quantitative estimate of drug-likeness (QED) is 0.0169. The molecule has 0 saturated heterocycles. The van der Waals surface area contributed by atoms with Crippen LogP contribution < -0.4 is 0 Å². The van der Waals surface area contributed by atoms with Crippen molar-refractivity contribution < 1.29 is 80.2 Å². The van der Waals surface area contributed by atoms with E-state index in [1.165, 1.54) is 141 Å². The Hall–Kier alpha value is -4.54. The molecule has 610 valence electrons. The van der Waals surface area contributed by atoms with Crippen molar-refractivity contribution in [1.29, 1.82) is 0 Å². The van der Waals surface area contributed by atoms with Crippen molar-refractivity contribution in [2.45, 2.75) is 367 Å². The van der Waals surface area contributed by atoms with E-state index in [9.17, 15) is 43.2 Å². The molecule has 0 amide bonds. The summed E-state index contributed by atoms with van der Waals surface area (Å²) in [6, 6.07) is 0. The van der Waals surface area contributed by atoms with Gasteiger partial charge in [0.05, 0.1) is 26.4 Å². The Morgan fingerprint density at radius 3 is 0.755 bits per heavy atom. The molecule has 106 heavy (non-hydrogen) atoms. The SMILES string of the molecule is CCCCC/C=C\C/C=C\C/C=C\C/C=C\CCCC(=O)O[C@H](COC(=O)CCCCCCC/C=C\C/C=C\CCCCC)COP(=O)(O)OC[C@H](O)COP(=O)(O)OC[C@@H](COC(=O)CCCCCCCCCCCCCCCCCCC)OC(=O)CCC/C=C\C/C=C\C/C=C\C/C=C\CCCCC. The first-order valence-corrected chi connectivity index (χ1v) is 44.8. The Morgan fingerprint density at radius 1 is 0.264 bits per heavy atom. The van der Waals surface area contributed by atoms with Crippen LogP contribution in [0.3, 0.4) is 0 Å². The maximum Gasteiger partial charge on any atom is 0.472 e. The second-order valence-corrected chi connectivity index (χ2v) is 30.6. The number of phosphoric acid groups is 2. The Bertz CT molecular complexity index is 2480. The Balaban J connectivity index is 5.47. The highest BCUT2D eigenvalue weighted by atomic mass is 31.2. The number of phosphoric ester groups is 2. The van der Waals surface area contributed by atoms with E-state index < -0.39 is 97.5 Å². The second kappa shape index (κ2) is 78.6. The number of ether oxygens (including phenoxy) is 4. The number of esters is 4. The molecule has 0 radical (unpaired) electrons. The number of hydrogen-bond donors (Lipinski definition) is 3. The standard InChI is InChI=1S/C87H150O17P2/c1-5-9-13-17-21-25-29-33-37-40-44-48-52-56-60-64-68-72-85(90)98-78-83(104-87(92)74-70-66-62-58-54-50-46-42-39-35-31-27-23-19-15-11-7-3)80-102-106(95,96)100-76-81(88)75-99-105(93,94)101-79-82(77-97-84(89)71-67-63-59-55-51-47-43-36-32-28-24-20-16-12-8-4)103-86(91)73-69-65-61-57-53-49-45-41-38-34-30-26-22-18-14-10-6-2/h22-24,26-28,34-36,38-39,43,45-46,49-50,57-58,61-62,81-83,88H,5-21,25,29-33,37,40-42,44,47-48,51-56,59-60,63-80H2,1-4H3,(H,93,94)(H,95,96)/b26-22-,27-23-,28-24-,38-34-,39-35-,43-36-,49-45-,50-46-,61-57-,62-58-/t81-,82+,83+/m0/s1. The molecule has 0 bridgehead atoms. The van der Waals surface area contributed by atoms with Gasteiger partial charge in [-0.2, -0.15) is 0 Å². The summed E-state index contributed by atoms with van der Waals surface area (Å²) >= 11 is 0. The highest BCUT2D eigenvalue weighted by molar-refractivity contribution is 7.47. The highest BCUT2D eigenvalue weighted by Crippen LogP contribution is 2.45. The van der Waals surface area contributed by atoms with E-state index in [1.807, 2.05) is 24.3 Å². The molecule has 17 nitrogen and oxygen atoms in total. The van der Waals surface area contributed by atoms with Crippen molar-refractivity contribution in [3.63, 3.8) is 0 Å². The fraction of sp³-hybridized carbons (Fsp3) is 0.724. The van der Waals surface area contributed by atoms with Gasteiger partial charge in [0.15, 0.2) is 12.2 Å². The molecule has 0 fully saturated rings. The third-order valence-corrected chi connectivity index (χ3v) is 19.3. The average molecular weight is 1530 g/mol. The lowest BCUT2D eigenvalue weighted by atomic mass is 10.0. The van der Waals surface area contributed by atoms with Gasteiger partial charge in [0.2, 0.25) is 0 Å². The molecule has 3 N–H and O–H groups in total. The van der Waals surface area contributed by atoms with E-state index >= 15 is 0 Å². The number of aliphatic hydroxyl groups is 1. The maximum atomic E-state index is 13.1. The van der Waals surface area contributed by atoms with Gasteiger partial charge in [0.1, 0.15) is 19.3 Å². The second-order valence-electron chi connectivity index (χ2n) is 27.7. The zero-order valence-corrected chi connectivity index (χ0v) is 68.6. The van der Waals surface area contributed by atoms with E-state index in [1.54, 1.807) is 0 Å². The molecule has 0 spiro atoms. The van der Waals surface area contributed by atoms with Crippen LogP contribution in [0.15, 0.2) is 122 Å². The van der Waals surface area contributed by atoms with Gasteiger partial charge in [-0.3, -0.25) is 37.3 Å². The third kappa shape index (κ3) is 77.6. The van der Waals surface area contributed by atoms with E-state index in [0.717, 1.165) is 116 Å². The third-order valence-electron chi connectivity index (χ3n) is 17.4. The van der Waals surface area contributed by atoms with Crippen molar-refractivity contribution in [3.8, 4) is 0 Å². The average Bonchev–Trinajstić information content (AvgIpc) is 0.902. The predicted octanol–water partition coefficient (Wildman–Crippen LogP) is 24.7. The first-order chi connectivity index (χ1) is 51.7. The molecular formula is C87H150O17P2. The summed E-state index contributed by atoms with van der Waals surface area (Å²) in [7, 11) is -10.0. The summed E-state index contributed by atoms with van der Waals surface area (Å²) in [5, 5.41) is 10.7. The zero-order valence-electron chi connectivity index (χ0n) is 66.8. The predicted molar refractivity (Wildman–Crippen MR) is 436 cm³/mol. The summed E-state index contributed by atoms with van der Waals surface area (Å²) in [6.45, 7) is 4.70. The fourth-order valence-electron chi connectivity index (χ4n) is 11.0. The van der Waals surface area contributed by atoms with Gasteiger partial charge in [0.25, 0.3) is 0 Å². The first-order valence-electron chi connectivity index (χ1n) is 41.8. The van der Waals surface area contributed by atoms with Crippen LogP contribution in [-0.2, 0) is 65.4 Å². The largest absolute Gasteiger partial charge is 0.472 e. The maximum absolute atomic E-state index is 13.1. The normalized spacial score (nSPS) is 14.4. The molecule has 5 atom stereocenters. The molecule has 0 aromatic heterocycles. The zero-order chi connectivity index (χ0) is 77.4. The van der Waals surface area contributed by atoms with Gasteiger partial charge in [0, 0.05) is 25.7 Å². The number of hydrogen-bond acceptors (Lipinski definition) is 15. The van der Waals surface area contributed by atoms with Gasteiger partial charge < -0.3 is 33.8 Å². The number of allylic oxidation sites excluding steroid dienone is 20. The molecule has 0 aromatic rings. The highest BCUT2D eigenvalue weighted by Gasteiger charge is 2.30. The number of aliphatic hydroxyl groups excluding tert-OH is 1. The monoisotopic (exact) mass is 1530 g/mol. The van der Waals surface area contributed by atoms with Crippen molar-refractivity contribution in [2.75, 3.05) is 39.6 Å². The van der Waals surface area contributed by atoms with E-state index in [-0.39, 0.29) is 25.7 Å². The fourth-order valence-corrected chi connectivity index (χ4v) is 12.6. The Morgan fingerprint density at radius 2 is 0.472 bits per heavy atom. The molecule has 0 aliphatic carbocycles. The molecule has 0 aliphatic rings. The van der Waals surface area contributed by atoms with Crippen molar-refractivity contribution in [3.05, 3.63) is 122 Å². The number of unbranched alkanes of at least 4 members (excludes halogenated alkanes) is 32. The van der Waals surface area contributed by atoms with Crippen LogP contribution in [0.25, 0.3) is 0 Å². The van der Waals surface area contributed by atoms with Crippen LogP contribution in [0.4, 0.5) is 0 Å². The van der Waals surface area contributed by atoms with Crippen LogP contribution in [0, 0.1) is 0 Å². The minimum Gasteiger partial charge on any atom is -0.462 e. The lowest BCUT2D eigenvalue weighted by Gasteiger charge is -2.21. The summed E-state index contributed by atoms with van der Waals surface area (Å²) in [5.74, 6) is -2.31. The van der Waals surface area contributed by atoms with E-state index in [4.69, 9.17) is 37.0 Å². The minimum atomic E-state index is -5.00. The van der Waals surface area contributed by atoms with Crippen LogP contribution in [0.2, 0.25) is 0 Å². The summed E-state index contributed by atoms with van der Waals surface area (Å²) in [4.78, 5) is 73.1. The van der Waals surface area contributed by atoms with Crippen molar-refractivity contribution >= 4 is 39.5 Å². The van der Waals surface area contributed by atoms with Crippen LogP contribution in [-0.4, -0.2) is 96.7 Å². The molecule has 0 heterocycles. The summed E-state index contributed by atoms with van der Waals surface area (Å²) in [5.41, 5.74) is 0. The molecule has 0 aliphatic heterocycles. The number of carbonyl (C=O) groups is 4. The van der Waals surface area contributed by atoms with E-state index in [0.29, 0.717) is 38.5 Å². The smallest absolute Gasteiger partial charge is 0.462 e. The molecule has 0 saturated carbocycles. The van der Waals surface area contributed by atoms with Gasteiger partial charge in [-0.25, -0.2) is 9.13 Å². The minimum absolute atomic E-state index is 0.0130. The molecule has 2 unspecified atom stereocenters. The molecule has 19 heteroatoms. The van der Waals surface area contributed by atoms with Crippen LogP contribution in [0.1, 0.15) is 349 Å². The lowest BCUT2D eigenvalue weighted by Crippen LogP contribution is -2.30. The summed E-state index contributed by atoms with van der Waals surface area (Å²) in [6.07, 6.45) is 87.5. The molecule has 0 aromatic carbocycles. The molecule has 0 rings (SSSR count). The van der Waals surface area contributed by atoms with E-state index in [2.05, 4.69) is 125 Å². The van der Waals surface area contributed by atoms with Gasteiger partial charge in [-0.05, 0) is 135 Å². The Labute approximate surface area is 644 Å². The van der Waals surface area contributed by atoms with Gasteiger partial charge >= 0.3 is 39.5 Å². The van der Waals surface area contributed by atoms with Crippen LogP contribution in [0.5, 0.6) is 0 Å². The van der Waals surface area contributed by atoms with Crippen LogP contribution >= 0.6 is 15.6 Å². The van der Waals surface area contributed by atoms with Gasteiger partial charge in [-0.1, -0.05) is 310 Å². The molecular weight excluding hydrogens is 1380 g/mol. The van der Waals surface area contributed by atoms with Crippen molar-refractivity contribution in [1.82, 2.24) is 0 Å².